The Balaban J connectivity index is 1.86. The van der Waals surface area contributed by atoms with Crippen molar-refractivity contribution in [1.29, 1.82) is 0 Å². The quantitative estimate of drug-likeness (QED) is 0.528. The smallest absolute Gasteiger partial charge is 0.251 e. The number of hydrogen-bond donors (Lipinski definition) is 2. The number of nitrogens with zero attached hydrogens (tertiary/aromatic N) is 5. The van der Waals surface area contributed by atoms with Gasteiger partial charge in [0.25, 0.3) is 5.91 Å². The minimum absolute atomic E-state index is 0.111. The van der Waals surface area contributed by atoms with Gasteiger partial charge in [0.1, 0.15) is 23.9 Å². The molecule has 0 aliphatic heterocycles. The first-order valence-corrected chi connectivity index (χ1v) is 10.4. The monoisotopic (exact) mass is 458 g/mol. The number of aryl methyl sites for hydroxylation is 1. The van der Waals surface area contributed by atoms with Gasteiger partial charge in [-0.3, -0.25) is 9.59 Å². The number of furan rings is 1. The molecule has 1 atom stereocenters. The highest BCUT2D eigenvalue weighted by Crippen LogP contribution is 2.25. The van der Waals surface area contributed by atoms with Crippen LogP contribution < -0.4 is 5.32 Å². The van der Waals surface area contributed by atoms with E-state index in [4.69, 9.17) is 4.42 Å². The number of carbonyl (C=O) groups is 2. The van der Waals surface area contributed by atoms with E-state index in [9.17, 15) is 19.1 Å². The summed E-state index contributed by atoms with van der Waals surface area (Å²) in [5, 5.41) is 24.4. The fourth-order valence-electron chi connectivity index (χ4n) is 3.20. The molecule has 11 heteroatoms. The standard InChI is InChI=1S/C22H27FN6O4/c1-14-5-10-17(33-14)19(21(32)24-22(2,3)4)28(11-12-30)18(31)13-29-26-20(25-27-29)15-6-8-16(23)9-7-15/h5-10,19,30H,11-13H2,1-4H3,(H,24,32). The van der Waals surface area contributed by atoms with E-state index < -0.39 is 29.2 Å². The summed E-state index contributed by atoms with van der Waals surface area (Å²) >= 11 is 0. The van der Waals surface area contributed by atoms with Crippen molar-refractivity contribution in [3.63, 3.8) is 0 Å². The van der Waals surface area contributed by atoms with E-state index in [1.54, 1.807) is 19.1 Å². The van der Waals surface area contributed by atoms with Gasteiger partial charge in [-0.15, -0.1) is 10.2 Å². The number of halogens is 1. The topological polar surface area (TPSA) is 126 Å². The summed E-state index contributed by atoms with van der Waals surface area (Å²) in [5.41, 5.74) is -0.0154. The van der Waals surface area contributed by atoms with Crippen LogP contribution in [-0.4, -0.2) is 60.7 Å². The van der Waals surface area contributed by atoms with Gasteiger partial charge in [0, 0.05) is 17.6 Å². The van der Waals surface area contributed by atoms with Crippen LogP contribution >= 0.6 is 0 Å². The number of aromatic nitrogens is 4. The van der Waals surface area contributed by atoms with Crippen LogP contribution in [0, 0.1) is 12.7 Å². The summed E-state index contributed by atoms with van der Waals surface area (Å²) in [6.07, 6.45) is 0. The number of amides is 2. The van der Waals surface area contributed by atoms with Gasteiger partial charge in [-0.05, 0) is 69.3 Å². The number of hydrogen-bond acceptors (Lipinski definition) is 7. The molecule has 1 unspecified atom stereocenters. The van der Waals surface area contributed by atoms with Crippen LogP contribution in [0.25, 0.3) is 11.4 Å². The molecular formula is C22H27FN6O4. The van der Waals surface area contributed by atoms with Crippen molar-refractivity contribution in [3.8, 4) is 11.4 Å². The van der Waals surface area contributed by atoms with E-state index in [0.29, 0.717) is 11.3 Å². The lowest BCUT2D eigenvalue weighted by atomic mass is 10.1. The first-order chi connectivity index (χ1) is 15.6. The Morgan fingerprint density at radius 3 is 2.48 bits per heavy atom. The molecule has 2 aromatic heterocycles. The van der Waals surface area contributed by atoms with E-state index in [-0.39, 0.29) is 31.3 Å². The van der Waals surface area contributed by atoms with Gasteiger partial charge in [0.2, 0.25) is 11.7 Å². The fourth-order valence-corrected chi connectivity index (χ4v) is 3.20. The third kappa shape index (κ3) is 6.22. The molecule has 2 N–H and O–H groups in total. The Kier molecular flexibility index (Phi) is 7.22. The Morgan fingerprint density at radius 1 is 1.21 bits per heavy atom. The highest BCUT2D eigenvalue weighted by molar-refractivity contribution is 5.88. The molecular weight excluding hydrogens is 431 g/mol. The maximum atomic E-state index is 13.2. The van der Waals surface area contributed by atoms with Crippen LogP contribution in [0.1, 0.15) is 38.3 Å². The second kappa shape index (κ2) is 9.90. The second-order valence-electron chi connectivity index (χ2n) is 8.55. The minimum atomic E-state index is -1.10. The number of benzene rings is 1. The van der Waals surface area contributed by atoms with Gasteiger partial charge >= 0.3 is 0 Å². The zero-order valence-corrected chi connectivity index (χ0v) is 18.9. The molecule has 0 aliphatic rings. The summed E-state index contributed by atoms with van der Waals surface area (Å²) in [4.78, 5) is 28.6. The SMILES string of the molecule is Cc1ccc(C(C(=O)NC(C)(C)C)N(CCO)C(=O)Cn2nnc(-c3ccc(F)cc3)n2)o1. The van der Waals surface area contributed by atoms with Crippen molar-refractivity contribution < 1.29 is 23.5 Å². The van der Waals surface area contributed by atoms with E-state index in [1.807, 2.05) is 20.8 Å². The average molecular weight is 458 g/mol. The average Bonchev–Trinajstić information content (AvgIpc) is 3.36. The van der Waals surface area contributed by atoms with Gasteiger partial charge in [0.05, 0.1) is 6.61 Å². The van der Waals surface area contributed by atoms with E-state index in [1.165, 1.54) is 29.2 Å². The summed E-state index contributed by atoms with van der Waals surface area (Å²) in [6.45, 7) is 6.40. The lowest BCUT2D eigenvalue weighted by Crippen LogP contribution is -2.50. The maximum Gasteiger partial charge on any atom is 0.251 e. The van der Waals surface area contributed by atoms with Crippen LogP contribution in [0.4, 0.5) is 4.39 Å². The van der Waals surface area contributed by atoms with Crippen molar-refractivity contribution in [1.82, 2.24) is 30.4 Å². The fraction of sp³-hybridized carbons (Fsp3) is 0.409. The molecule has 3 aromatic rings. The molecule has 0 fully saturated rings. The number of aliphatic hydroxyl groups excluding tert-OH is 1. The largest absolute Gasteiger partial charge is 0.464 e. The van der Waals surface area contributed by atoms with Crippen molar-refractivity contribution in [3.05, 3.63) is 53.7 Å². The minimum Gasteiger partial charge on any atom is -0.464 e. The summed E-state index contributed by atoms with van der Waals surface area (Å²) < 4.78 is 18.8. The highest BCUT2D eigenvalue weighted by Gasteiger charge is 2.35. The van der Waals surface area contributed by atoms with E-state index >= 15 is 0 Å². The van der Waals surface area contributed by atoms with Crippen LogP contribution in [0.15, 0.2) is 40.8 Å². The summed E-state index contributed by atoms with van der Waals surface area (Å²) in [5.74, 6) is -0.284. The van der Waals surface area contributed by atoms with Crippen LogP contribution in [0.2, 0.25) is 0 Å². The number of carbonyl (C=O) groups excluding carboxylic acids is 2. The molecule has 10 nitrogen and oxygen atoms in total. The Morgan fingerprint density at radius 2 is 1.91 bits per heavy atom. The molecule has 0 bridgehead atoms. The van der Waals surface area contributed by atoms with Gasteiger partial charge in [-0.25, -0.2) is 4.39 Å². The van der Waals surface area contributed by atoms with Crippen molar-refractivity contribution in [2.75, 3.05) is 13.2 Å². The number of rotatable bonds is 8. The normalized spacial score (nSPS) is 12.4. The lowest BCUT2D eigenvalue weighted by molar-refractivity contribution is -0.143. The summed E-state index contributed by atoms with van der Waals surface area (Å²) in [6, 6.07) is 7.77. The second-order valence-corrected chi connectivity index (χ2v) is 8.55. The number of nitrogens with one attached hydrogen (secondary N) is 1. The lowest BCUT2D eigenvalue weighted by Gasteiger charge is -2.31. The zero-order chi connectivity index (χ0) is 24.2. The van der Waals surface area contributed by atoms with E-state index in [2.05, 4.69) is 20.7 Å². The predicted molar refractivity (Wildman–Crippen MR) is 116 cm³/mol. The van der Waals surface area contributed by atoms with Gasteiger partial charge in [-0.1, -0.05) is 0 Å². The number of tetrazole rings is 1. The molecule has 0 spiro atoms. The Bertz CT molecular complexity index is 1100. The molecule has 0 radical (unpaired) electrons. The Labute approximate surface area is 190 Å². The zero-order valence-electron chi connectivity index (χ0n) is 18.9. The molecule has 3 rings (SSSR count). The molecule has 0 aliphatic carbocycles. The van der Waals surface area contributed by atoms with Gasteiger partial charge in [-0.2, -0.15) is 4.80 Å². The van der Waals surface area contributed by atoms with E-state index in [0.717, 1.165) is 4.80 Å². The Hall–Kier alpha value is -3.60. The maximum absolute atomic E-state index is 13.2. The molecule has 0 saturated heterocycles. The summed E-state index contributed by atoms with van der Waals surface area (Å²) in [7, 11) is 0. The van der Waals surface area contributed by atoms with Crippen LogP contribution in [-0.2, 0) is 16.1 Å². The molecule has 2 heterocycles. The van der Waals surface area contributed by atoms with Gasteiger partial charge in [0.15, 0.2) is 6.04 Å². The third-order valence-corrected chi connectivity index (χ3v) is 4.58. The predicted octanol–water partition coefficient (Wildman–Crippen LogP) is 1.86. The van der Waals surface area contributed by atoms with Crippen molar-refractivity contribution in [2.24, 2.45) is 0 Å². The first kappa shape index (κ1) is 24.1. The van der Waals surface area contributed by atoms with Crippen molar-refractivity contribution >= 4 is 11.8 Å². The van der Waals surface area contributed by atoms with Crippen LogP contribution in [0.3, 0.4) is 0 Å². The highest BCUT2D eigenvalue weighted by atomic mass is 19.1. The molecule has 1 aromatic carbocycles. The first-order valence-electron chi connectivity index (χ1n) is 10.4. The van der Waals surface area contributed by atoms with Crippen LogP contribution in [0.5, 0.6) is 0 Å². The third-order valence-electron chi connectivity index (χ3n) is 4.58. The van der Waals surface area contributed by atoms with Crippen molar-refractivity contribution in [2.45, 2.75) is 45.8 Å². The molecule has 0 saturated carbocycles. The van der Waals surface area contributed by atoms with Gasteiger partial charge < -0.3 is 19.7 Å². The molecule has 176 valence electrons. The molecule has 33 heavy (non-hydrogen) atoms. The number of aliphatic hydroxyl groups is 1. The molecule has 2 amide bonds.